The highest BCUT2D eigenvalue weighted by Gasteiger charge is 2.24. The minimum atomic E-state index is -0.445. The van der Waals surface area contributed by atoms with Crippen molar-refractivity contribution in [1.29, 1.82) is 0 Å². The van der Waals surface area contributed by atoms with Crippen molar-refractivity contribution in [2.45, 2.75) is 0 Å². The number of carbonyl (C=O) groups is 1. The van der Waals surface area contributed by atoms with E-state index in [0.717, 1.165) is 31.9 Å². The van der Waals surface area contributed by atoms with Gasteiger partial charge in [-0.2, -0.15) is 0 Å². The van der Waals surface area contributed by atoms with Crippen LogP contribution in [0.1, 0.15) is 0 Å². The van der Waals surface area contributed by atoms with E-state index in [1.807, 2.05) is 12.1 Å². The number of nitrogen functional groups attached to an aromatic ring is 1. The first-order valence-corrected chi connectivity index (χ1v) is 13.2. The number of nitrogens with two attached hydrogens (primary N) is 1. The van der Waals surface area contributed by atoms with E-state index in [4.69, 9.17) is 15.2 Å². The molecule has 2 amide bonds. The number of nitrogens with zero attached hydrogens (tertiary/aromatic N) is 5. The van der Waals surface area contributed by atoms with Gasteiger partial charge < -0.3 is 35.6 Å². The Bertz CT molecular complexity index is 1470. The van der Waals surface area contributed by atoms with Crippen molar-refractivity contribution < 1.29 is 14.3 Å². The normalized spacial score (nSPS) is 13.4. The molecule has 2 heterocycles. The summed E-state index contributed by atoms with van der Waals surface area (Å²) in [6.07, 6.45) is 1.41. The summed E-state index contributed by atoms with van der Waals surface area (Å²) in [6.45, 7) is 4.10. The summed E-state index contributed by atoms with van der Waals surface area (Å²) < 4.78 is 11.0. The summed E-state index contributed by atoms with van der Waals surface area (Å²) in [7, 11) is 5.25. The fourth-order valence-electron chi connectivity index (χ4n) is 4.56. The van der Waals surface area contributed by atoms with E-state index >= 15 is 0 Å². The molecule has 0 atom stereocenters. The average Bonchev–Trinajstić information content (AvgIpc) is 2.99. The number of likely N-dealkylation sites (N-methyl/N-ethyl adjacent to an activating group) is 1. The molecule has 0 spiro atoms. The number of aromatic nitrogens is 2. The maximum Gasteiger partial charge on any atom is 0.332 e. The molecule has 1 aliphatic rings. The van der Waals surface area contributed by atoms with Gasteiger partial charge in [-0.05, 0) is 67.7 Å². The second-order valence-electron chi connectivity index (χ2n) is 9.65. The van der Waals surface area contributed by atoms with Crippen LogP contribution in [0.5, 0.6) is 11.5 Å². The molecule has 11 nitrogen and oxygen atoms in total. The second kappa shape index (κ2) is 12.4. The van der Waals surface area contributed by atoms with Crippen molar-refractivity contribution in [3.05, 3.63) is 79.1 Å². The fraction of sp³-hybridized carbons (Fsp3) is 0.233. The van der Waals surface area contributed by atoms with Crippen LogP contribution in [0, 0.1) is 0 Å². The van der Waals surface area contributed by atoms with Gasteiger partial charge in [0.1, 0.15) is 29.5 Å². The van der Waals surface area contributed by atoms with Crippen molar-refractivity contribution in [2.75, 3.05) is 73.6 Å². The molecule has 0 bridgehead atoms. The molecule has 1 aliphatic heterocycles. The van der Waals surface area contributed by atoms with E-state index in [-0.39, 0.29) is 0 Å². The third-order valence-corrected chi connectivity index (χ3v) is 6.88. The number of amides is 2. The highest BCUT2D eigenvalue weighted by atomic mass is 16.5. The van der Waals surface area contributed by atoms with Gasteiger partial charge in [0.15, 0.2) is 0 Å². The largest absolute Gasteiger partial charge is 0.497 e. The number of hydrogen-bond acceptors (Lipinski definition) is 9. The van der Waals surface area contributed by atoms with Crippen molar-refractivity contribution in [3.8, 4) is 11.5 Å². The summed E-state index contributed by atoms with van der Waals surface area (Å²) in [5.74, 6) is 1.90. The van der Waals surface area contributed by atoms with Crippen LogP contribution in [-0.4, -0.2) is 68.3 Å². The molecule has 1 fully saturated rings. The standard InChI is InChI=1S/C30H34N8O3/c1-36-14-16-37(17-15-36)24-10-8-22(9-11-24)34-28-19-29(33-20-32-28)38(26-13-12-25(40-2)18-27(26)41-3)30(39)35-23-6-4-21(31)5-7-23/h4-13,18-20H,14-17,31H2,1-3H3,(H,35,39)(H,32,33,34). The SMILES string of the molecule is COc1ccc(N(C(=O)Nc2ccc(N)cc2)c2cc(Nc3ccc(N4CCN(C)CC4)cc3)ncn2)c(OC)c1. The monoisotopic (exact) mass is 554 g/mol. The van der Waals surface area contributed by atoms with Gasteiger partial charge in [-0.15, -0.1) is 0 Å². The molecule has 4 N–H and O–H groups in total. The van der Waals surface area contributed by atoms with Crippen LogP contribution in [0.15, 0.2) is 79.1 Å². The maximum absolute atomic E-state index is 13.7. The molecule has 0 saturated carbocycles. The predicted molar refractivity (Wildman–Crippen MR) is 163 cm³/mol. The minimum Gasteiger partial charge on any atom is -0.497 e. The fourth-order valence-corrected chi connectivity index (χ4v) is 4.56. The molecule has 0 aliphatic carbocycles. The molecule has 0 unspecified atom stereocenters. The van der Waals surface area contributed by atoms with Crippen molar-refractivity contribution in [1.82, 2.24) is 14.9 Å². The Balaban J connectivity index is 1.42. The number of piperazine rings is 1. The van der Waals surface area contributed by atoms with E-state index in [2.05, 4.69) is 49.6 Å². The molecule has 1 saturated heterocycles. The first-order valence-electron chi connectivity index (χ1n) is 13.2. The third kappa shape index (κ3) is 6.59. The van der Waals surface area contributed by atoms with E-state index in [9.17, 15) is 4.79 Å². The van der Waals surface area contributed by atoms with Gasteiger partial charge in [0.2, 0.25) is 0 Å². The molecule has 212 valence electrons. The molecule has 0 radical (unpaired) electrons. The molecule has 41 heavy (non-hydrogen) atoms. The number of ether oxygens (including phenoxy) is 2. The third-order valence-electron chi connectivity index (χ3n) is 6.88. The number of methoxy groups -OCH3 is 2. The van der Waals surface area contributed by atoms with Crippen LogP contribution < -0.4 is 35.6 Å². The van der Waals surface area contributed by atoms with Crippen LogP contribution in [0.25, 0.3) is 0 Å². The first kappa shape index (κ1) is 27.5. The van der Waals surface area contributed by atoms with Gasteiger partial charge >= 0.3 is 6.03 Å². The zero-order chi connectivity index (χ0) is 28.8. The summed E-state index contributed by atoms with van der Waals surface area (Å²) in [5, 5.41) is 6.24. The lowest BCUT2D eigenvalue weighted by atomic mass is 10.2. The quantitative estimate of drug-likeness (QED) is 0.260. The van der Waals surface area contributed by atoms with Gasteiger partial charge in [-0.25, -0.2) is 19.7 Å². The molecular formula is C30H34N8O3. The first-order chi connectivity index (χ1) is 19.9. The summed E-state index contributed by atoms with van der Waals surface area (Å²) in [6, 6.07) is 21.6. The molecular weight excluding hydrogens is 520 g/mol. The van der Waals surface area contributed by atoms with E-state index in [1.165, 1.54) is 24.0 Å². The van der Waals surface area contributed by atoms with E-state index < -0.39 is 6.03 Å². The lowest BCUT2D eigenvalue weighted by Crippen LogP contribution is -2.44. The summed E-state index contributed by atoms with van der Waals surface area (Å²) >= 11 is 0. The highest BCUT2D eigenvalue weighted by Crippen LogP contribution is 2.37. The Labute approximate surface area is 239 Å². The van der Waals surface area contributed by atoms with Crippen LogP contribution in [0.3, 0.4) is 0 Å². The number of hydrogen-bond donors (Lipinski definition) is 3. The van der Waals surface area contributed by atoms with Gasteiger partial charge in [0.25, 0.3) is 0 Å². The Kier molecular flexibility index (Phi) is 8.35. The van der Waals surface area contributed by atoms with Crippen LogP contribution in [0.2, 0.25) is 0 Å². The van der Waals surface area contributed by atoms with Gasteiger partial charge in [0, 0.05) is 61.1 Å². The second-order valence-corrected chi connectivity index (χ2v) is 9.65. The van der Waals surface area contributed by atoms with E-state index in [1.54, 1.807) is 55.6 Å². The molecule has 5 rings (SSSR count). The zero-order valence-electron chi connectivity index (χ0n) is 23.4. The van der Waals surface area contributed by atoms with Gasteiger partial charge in [0.05, 0.1) is 19.9 Å². The lowest BCUT2D eigenvalue weighted by Gasteiger charge is -2.34. The Morgan fingerprint density at radius 1 is 0.878 bits per heavy atom. The predicted octanol–water partition coefficient (Wildman–Crippen LogP) is 4.94. The molecule has 11 heteroatoms. The Morgan fingerprint density at radius 3 is 2.27 bits per heavy atom. The lowest BCUT2D eigenvalue weighted by molar-refractivity contribution is 0.258. The molecule has 1 aromatic heterocycles. The maximum atomic E-state index is 13.7. The zero-order valence-corrected chi connectivity index (χ0v) is 23.4. The number of benzene rings is 3. The number of anilines is 7. The van der Waals surface area contributed by atoms with Crippen molar-refractivity contribution in [3.63, 3.8) is 0 Å². The number of carbonyl (C=O) groups excluding carboxylic acids is 1. The van der Waals surface area contributed by atoms with Gasteiger partial charge in [-0.1, -0.05) is 0 Å². The molecule has 4 aromatic rings. The van der Waals surface area contributed by atoms with Gasteiger partial charge in [-0.3, -0.25) is 0 Å². The Hall–Kier alpha value is -5.03. The smallest absolute Gasteiger partial charge is 0.332 e. The topological polar surface area (TPSA) is 121 Å². The minimum absolute atomic E-state index is 0.341. The summed E-state index contributed by atoms with van der Waals surface area (Å²) in [4.78, 5) is 28.7. The number of rotatable bonds is 8. The Morgan fingerprint density at radius 2 is 1.59 bits per heavy atom. The summed E-state index contributed by atoms with van der Waals surface area (Å²) in [5.41, 5.74) is 9.52. The molecule has 3 aromatic carbocycles. The van der Waals surface area contributed by atoms with Crippen LogP contribution >= 0.6 is 0 Å². The number of nitrogens with one attached hydrogen (secondary N) is 2. The van der Waals surface area contributed by atoms with Crippen molar-refractivity contribution >= 4 is 46.1 Å². The van der Waals surface area contributed by atoms with Crippen molar-refractivity contribution in [2.24, 2.45) is 0 Å². The highest BCUT2D eigenvalue weighted by molar-refractivity contribution is 6.07. The average molecular weight is 555 g/mol. The van der Waals surface area contributed by atoms with Crippen LogP contribution in [-0.2, 0) is 0 Å². The van der Waals surface area contributed by atoms with E-state index in [0.29, 0.717) is 40.2 Å². The number of urea groups is 1. The van der Waals surface area contributed by atoms with Crippen LogP contribution in [0.4, 0.5) is 44.9 Å².